The summed E-state index contributed by atoms with van der Waals surface area (Å²) in [6.07, 6.45) is 4.70. The first-order valence-corrected chi connectivity index (χ1v) is 16.4. The van der Waals surface area contributed by atoms with Gasteiger partial charge in [0.1, 0.15) is 5.60 Å². The van der Waals surface area contributed by atoms with E-state index in [4.69, 9.17) is 4.74 Å². The van der Waals surface area contributed by atoms with Gasteiger partial charge < -0.3 is 20.5 Å². The number of nitrogens with zero attached hydrogens (tertiary/aromatic N) is 1. The van der Waals surface area contributed by atoms with Gasteiger partial charge in [0.05, 0.1) is 12.1 Å². The van der Waals surface area contributed by atoms with E-state index in [1.54, 1.807) is 0 Å². The molecule has 0 bridgehead atoms. The fourth-order valence-electron chi connectivity index (χ4n) is 5.24. The summed E-state index contributed by atoms with van der Waals surface area (Å²) >= 11 is 0. The van der Waals surface area contributed by atoms with E-state index >= 15 is 0 Å². The van der Waals surface area contributed by atoms with Crippen LogP contribution in [0.15, 0.2) is 30.5 Å². The van der Waals surface area contributed by atoms with E-state index in [1.165, 1.54) is 24.6 Å². The molecule has 1 aliphatic carbocycles. The summed E-state index contributed by atoms with van der Waals surface area (Å²) < 4.78 is 34.4. The summed E-state index contributed by atoms with van der Waals surface area (Å²) in [6.45, 7) is 8.47. The maximum Gasteiger partial charge on any atom is 0.218 e. The van der Waals surface area contributed by atoms with Gasteiger partial charge in [-0.25, -0.2) is 13.8 Å². The smallest absolute Gasteiger partial charge is 0.218 e. The second kappa shape index (κ2) is 10.6. The zero-order chi connectivity index (χ0) is 26.1. The molecule has 1 aromatic heterocycles. The molecule has 0 unspecified atom stereocenters. The van der Waals surface area contributed by atoms with Gasteiger partial charge in [0.25, 0.3) is 0 Å². The lowest BCUT2D eigenvalue weighted by molar-refractivity contribution is -0.120. The van der Waals surface area contributed by atoms with Crippen LogP contribution in [0.25, 0.3) is 0 Å². The van der Waals surface area contributed by atoms with Gasteiger partial charge in [-0.2, -0.15) is 0 Å². The minimum absolute atomic E-state index is 0.0256. The van der Waals surface area contributed by atoms with Crippen molar-refractivity contribution >= 4 is 14.0 Å². The number of aromatic nitrogens is 1. The van der Waals surface area contributed by atoms with Crippen molar-refractivity contribution in [1.29, 1.82) is 0 Å². The number of amides is 1. The summed E-state index contributed by atoms with van der Waals surface area (Å²) in [6, 6.07) is 6.27. The van der Waals surface area contributed by atoms with Crippen molar-refractivity contribution < 1.29 is 23.4 Å². The highest BCUT2D eigenvalue weighted by molar-refractivity contribution is 6.75. The number of hydrogen-bond acceptors (Lipinski definition) is 5. The zero-order valence-electron chi connectivity index (χ0n) is 21.5. The van der Waals surface area contributed by atoms with Gasteiger partial charge in [-0.05, 0) is 55.0 Å². The van der Waals surface area contributed by atoms with Gasteiger partial charge in [-0.15, -0.1) is 0 Å². The molecule has 1 spiro atoms. The van der Waals surface area contributed by atoms with Crippen molar-refractivity contribution in [2.75, 3.05) is 6.54 Å². The fourth-order valence-corrected chi connectivity index (χ4v) is 6.66. The van der Waals surface area contributed by atoms with E-state index in [9.17, 15) is 18.7 Å². The van der Waals surface area contributed by atoms with Crippen molar-refractivity contribution in [3.63, 3.8) is 0 Å². The number of aliphatic hydroxyl groups is 1. The van der Waals surface area contributed by atoms with Gasteiger partial charge in [-0.1, -0.05) is 31.8 Å². The first-order valence-electron chi connectivity index (χ1n) is 12.7. The molecule has 9 heteroatoms. The van der Waals surface area contributed by atoms with Crippen LogP contribution in [-0.4, -0.2) is 48.4 Å². The Kier molecular flexibility index (Phi) is 7.82. The number of carbonyl (C=O) groups is 1. The lowest BCUT2D eigenvalue weighted by Crippen LogP contribution is -2.52. The number of carbonyl (C=O) groups excluding carboxylic acids is 1. The first kappa shape index (κ1) is 26.7. The quantitative estimate of drug-likeness (QED) is 0.434. The molecule has 1 fully saturated rings. The molecule has 4 rings (SSSR count). The minimum Gasteiger partial charge on any atom is -0.471 e. The molecule has 1 aromatic carbocycles. The highest BCUT2D eigenvalue weighted by Crippen LogP contribution is 2.48. The number of nitrogens with one attached hydrogen (secondary N) is 2. The van der Waals surface area contributed by atoms with Crippen molar-refractivity contribution in [3.8, 4) is 5.88 Å². The van der Waals surface area contributed by atoms with Gasteiger partial charge in [0.15, 0.2) is 11.6 Å². The number of fused-ring (bicyclic) bond motifs is 1. The lowest BCUT2D eigenvalue weighted by atomic mass is 9.73. The third-order valence-electron chi connectivity index (χ3n) is 7.10. The Labute approximate surface area is 212 Å². The monoisotopic (exact) mass is 517 g/mol. The van der Waals surface area contributed by atoms with Crippen LogP contribution in [-0.2, 0) is 17.3 Å². The molecule has 2 aromatic rings. The highest BCUT2D eigenvalue weighted by Gasteiger charge is 2.46. The first-order chi connectivity index (χ1) is 16.9. The molecule has 3 atom stereocenters. The highest BCUT2D eigenvalue weighted by atomic mass is 28.3. The van der Waals surface area contributed by atoms with E-state index < -0.39 is 31.9 Å². The van der Waals surface area contributed by atoms with Crippen LogP contribution in [0.5, 0.6) is 5.88 Å². The van der Waals surface area contributed by atoms with E-state index in [2.05, 4.69) is 41.3 Å². The van der Waals surface area contributed by atoms with Crippen LogP contribution in [0.2, 0.25) is 19.6 Å². The number of aliphatic hydroxyl groups excluding tert-OH is 1. The molecular formula is C27H37F2N3O3Si. The molecule has 3 N–H and O–H groups in total. The number of halogens is 2. The Morgan fingerprint density at radius 3 is 2.69 bits per heavy atom. The average Bonchev–Trinajstić information content (AvgIpc) is 2.77. The molecule has 1 aliphatic heterocycles. The largest absolute Gasteiger partial charge is 0.471 e. The third-order valence-corrected chi connectivity index (χ3v) is 8.57. The van der Waals surface area contributed by atoms with Crippen LogP contribution in [0.1, 0.15) is 55.3 Å². The number of pyridine rings is 1. The molecule has 6 nitrogen and oxygen atoms in total. The molecule has 0 saturated heterocycles. The second-order valence-corrected chi connectivity index (χ2v) is 17.0. The van der Waals surface area contributed by atoms with Gasteiger partial charge in [0, 0.05) is 45.8 Å². The van der Waals surface area contributed by atoms with Crippen molar-refractivity contribution in [2.45, 2.75) is 88.5 Å². The molecule has 0 radical (unpaired) electrons. The van der Waals surface area contributed by atoms with Crippen LogP contribution >= 0.6 is 0 Å². The maximum absolute atomic E-state index is 14.3. The van der Waals surface area contributed by atoms with E-state index in [0.717, 1.165) is 43.4 Å². The summed E-state index contributed by atoms with van der Waals surface area (Å²) in [5.74, 6) is -1.61. The number of benzene rings is 1. The topological polar surface area (TPSA) is 83.5 Å². The maximum atomic E-state index is 14.3. The Balaban J connectivity index is 1.52. The minimum atomic E-state index is -1.34. The van der Waals surface area contributed by atoms with Crippen LogP contribution in [0.3, 0.4) is 0 Å². The predicted octanol–water partition coefficient (Wildman–Crippen LogP) is 4.22. The fraction of sp³-hybridized carbons (Fsp3) is 0.556. The van der Waals surface area contributed by atoms with Crippen molar-refractivity contribution in [3.05, 3.63) is 58.8 Å². The summed E-state index contributed by atoms with van der Waals surface area (Å²) in [5.41, 5.74) is 2.05. The van der Waals surface area contributed by atoms with E-state index in [-0.39, 0.29) is 36.1 Å². The van der Waals surface area contributed by atoms with Crippen molar-refractivity contribution in [2.24, 2.45) is 0 Å². The standard InChI is InChI=1S/C27H37F2N3O3Si/c1-17(33)32-22(12-19-7-5-8-21(28)25(19)29)24(34)15-30-23-13-27(9-6-10-27)35-26-20(23)11-18(14-31-26)16-36(2,3)4/h5,7-8,11,14,22-24,30,34H,6,9-10,12-13,15-16H2,1-4H3,(H,32,33)/t22-,23-,24-/m0/s1. The van der Waals surface area contributed by atoms with Crippen LogP contribution < -0.4 is 15.4 Å². The second-order valence-electron chi connectivity index (χ2n) is 11.6. The van der Waals surface area contributed by atoms with Gasteiger partial charge in [-0.3, -0.25) is 4.79 Å². The van der Waals surface area contributed by atoms with E-state index in [0.29, 0.717) is 5.88 Å². The summed E-state index contributed by atoms with van der Waals surface area (Å²) in [5, 5.41) is 17.2. The molecule has 36 heavy (non-hydrogen) atoms. The number of hydrogen-bond donors (Lipinski definition) is 3. The van der Waals surface area contributed by atoms with E-state index in [1.807, 2.05) is 6.20 Å². The van der Waals surface area contributed by atoms with Crippen LogP contribution in [0.4, 0.5) is 8.78 Å². The predicted molar refractivity (Wildman–Crippen MR) is 138 cm³/mol. The SMILES string of the molecule is CC(=O)N[C@@H](Cc1cccc(F)c1F)[C@@H](O)CN[C@H]1CC2(CCC2)Oc2ncc(C[Si](C)(C)C)cc21. The molecule has 2 aliphatic rings. The molecule has 1 amide bonds. The van der Waals surface area contributed by atoms with Gasteiger partial charge in [0.2, 0.25) is 11.8 Å². The zero-order valence-corrected chi connectivity index (χ0v) is 22.5. The Morgan fingerprint density at radius 1 is 1.31 bits per heavy atom. The summed E-state index contributed by atoms with van der Waals surface area (Å²) in [7, 11) is -1.34. The molecular weight excluding hydrogens is 480 g/mol. The number of rotatable bonds is 9. The third kappa shape index (κ3) is 6.30. The summed E-state index contributed by atoms with van der Waals surface area (Å²) in [4.78, 5) is 16.5. The van der Waals surface area contributed by atoms with Gasteiger partial charge >= 0.3 is 0 Å². The average molecular weight is 518 g/mol. The Morgan fingerprint density at radius 2 is 2.06 bits per heavy atom. The Bertz CT molecular complexity index is 1100. The molecule has 2 heterocycles. The van der Waals surface area contributed by atoms with Crippen molar-refractivity contribution in [1.82, 2.24) is 15.6 Å². The molecule has 196 valence electrons. The van der Waals surface area contributed by atoms with Crippen LogP contribution in [0, 0.1) is 11.6 Å². The Hall–Kier alpha value is -2.36. The molecule has 1 saturated carbocycles. The number of ether oxygens (including phenoxy) is 1. The lowest BCUT2D eigenvalue weighted by Gasteiger charge is -2.47. The normalized spacial score (nSPS) is 20.1.